The van der Waals surface area contributed by atoms with Crippen molar-refractivity contribution >= 4 is 32.5 Å². The summed E-state index contributed by atoms with van der Waals surface area (Å²) in [6.45, 7) is 2.19. The van der Waals surface area contributed by atoms with Gasteiger partial charge in [-0.05, 0) is 35.7 Å². The molecule has 0 aliphatic carbocycles. The van der Waals surface area contributed by atoms with Gasteiger partial charge in [-0.15, -0.1) is 11.3 Å². The molecule has 5 aromatic rings. The Hall–Kier alpha value is -3.51. The fourth-order valence-corrected chi connectivity index (χ4v) is 4.46. The van der Waals surface area contributed by atoms with E-state index in [1.54, 1.807) is 6.33 Å². The van der Waals surface area contributed by atoms with Crippen LogP contribution in [0, 0.1) is 6.92 Å². The molecule has 0 amide bonds. The Kier molecular flexibility index (Phi) is 4.14. The van der Waals surface area contributed by atoms with Gasteiger partial charge in [-0.2, -0.15) is 0 Å². The lowest BCUT2D eigenvalue weighted by Gasteiger charge is -2.08. The van der Waals surface area contributed by atoms with Gasteiger partial charge in [0.2, 0.25) is 0 Å². The van der Waals surface area contributed by atoms with E-state index >= 15 is 0 Å². The molecule has 0 N–H and O–H groups in total. The molecule has 0 saturated heterocycles. The second kappa shape index (κ2) is 6.83. The molecule has 0 aliphatic heterocycles. The summed E-state index contributed by atoms with van der Waals surface area (Å²) in [5, 5.41) is 1.40. The molecule has 0 radical (unpaired) electrons. The predicted octanol–water partition coefficient (Wildman–Crippen LogP) is 4.59. The van der Waals surface area contributed by atoms with Crippen molar-refractivity contribution in [3.05, 3.63) is 98.9 Å². The van der Waals surface area contributed by atoms with Gasteiger partial charge >= 0.3 is 5.63 Å². The minimum Gasteiger partial charge on any atom is -0.423 e. The molecule has 3 heterocycles. The van der Waals surface area contributed by atoms with Crippen molar-refractivity contribution < 1.29 is 4.42 Å². The summed E-state index contributed by atoms with van der Waals surface area (Å²) in [7, 11) is 0. The molecule has 3 aromatic heterocycles. The number of hydrogen-bond donors (Lipinski definition) is 0. The van der Waals surface area contributed by atoms with Gasteiger partial charge in [0.05, 0.1) is 18.3 Å². The maximum absolute atomic E-state index is 13.1. The Morgan fingerprint density at radius 2 is 1.83 bits per heavy atom. The van der Waals surface area contributed by atoms with Gasteiger partial charge in [0.15, 0.2) is 0 Å². The van der Waals surface area contributed by atoms with Crippen LogP contribution in [-0.4, -0.2) is 9.55 Å². The first kappa shape index (κ1) is 17.6. The molecule has 0 atom stereocenters. The molecule has 0 aliphatic rings. The van der Waals surface area contributed by atoms with Crippen LogP contribution in [0.3, 0.4) is 0 Å². The van der Waals surface area contributed by atoms with Crippen LogP contribution >= 0.6 is 11.3 Å². The Labute approximate surface area is 169 Å². The van der Waals surface area contributed by atoms with Crippen molar-refractivity contribution in [1.82, 2.24) is 9.55 Å². The third-order valence-corrected chi connectivity index (χ3v) is 5.99. The lowest BCUT2D eigenvalue weighted by molar-refractivity contribution is 0.557. The SMILES string of the molecule is Cc1ccc2c(Cn3cnc4sc(-c5ccccc5)cc4c3=O)cc(=O)oc2c1. The Morgan fingerprint density at radius 1 is 1.00 bits per heavy atom. The van der Waals surface area contributed by atoms with Crippen molar-refractivity contribution in [3.63, 3.8) is 0 Å². The molecule has 5 nitrogen and oxygen atoms in total. The molecule has 0 bridgehead atoms. The first-order valence-corrected chi connectivity index (χ1v) is 9.98. The minimum atomic E-state index is -0.429. The number of hydrogen-bond acceptors (Lipinski definition) is 5. The summed E-state index contributed by atoms with van der Waals surface area (Å²) in [6.07, 6.45) is 1.55. The van der Waals surface area contributed by atoms with E-state index in [1.807, 2.05) is 61.5 Å². The molecule has 0 saturated carbocycles. The van der Waals surface area contributed by atoms with Crippen LogP contribution in [0.2, 0.25) is 0 Å². The average molecular weight is 400 g/mol. The average Bonchev–Trinajstić information content (AvgIpc) is 3.15. The second-order valence-electron chi connectivity index (χ2n) is 6.96. The number of rotatable bonds is 3. The van der Waals surface area contributed by atoms with Crippen molar-refractivity contribution in [2.45, 2.75) is 13.5 Å². The van der Waals surface area contributed by atoms with Crippen LogP contribution in [-0.2, 0) is 6.54 Å². The zero-order valence-electron chi connectivity index (χ0n) is 15.6. The van der Waals surface area contributed by atoms with Crippen LogP contribution in [0.5, 0.6) is 0 Å². The van der Waals surface area contributed by atoms with E-state index in [9.17, 15) is 9.59 Å². The largest absolute Gasteiger partial charge is 0.423 e. The maximum atomic E-state index is 13.1. The normalized spacial score (nSPS) is 11.3. The summed E-state index contributed by atoms with van der Waals surface area (Å²) in [5.41, 5.74) is 2.77. The fraction of sp³-hybridized carbons (Fsp3) is 0.0870. The van der Waals surface area contributed by atoms with E-state index < -0.39 is 5.63 Å². The van der Waals surface area contributed by atoms with Crippen LogP contribution in [0.1, 0.15) is 11.1 Å². The van der Waals surface area contributed by atoms with Crippen molar-refractivity contribution in [2.75, 3.05) is 0 Å². The van der Waals surface area contributed by atoms with Gasteiger partial charge in [0, 0.05) is 16.3 Å². The highest BCUT2D eigenvalue weighted by Crippen LogP contribution is 2.30. The van der Waals surface area contributed by atoms with E-state index in [1.165, 1.54) is 22.0 Å². The Balaban J connectivity index is 1.62. The maximum Gasteiger partial charge on any atom is 0.336 e. The molecule has 142 valence electrons. The fourth-order valence-electron chi connectivity index (χ4n) is 3.47. The number of aryl methyl sites for hydroxylation is 1. The highest BCUT2D eigenvalue weighted by atomic mass is 32.1. The second-order valence-corrected chi connectivity index (χ2v) is 7.99. The number of nitrogens with zero attached hydrogens (tertiary/aromatic N) is 2. The topological polar surface area (TPSA) is 65.1 Å². The highest BCUT2D eigenvalue weighted by molar-refractivity contribution is 7.21. The van der Waals surface area contributed by atoms with E-state index in [0.29, 0.717) is 15.8 Å². The number of benzene rings is 2. The van der Waals surface area contributed by atoms with Gasteiger partial charge in [-0.1, -0.05) is 42.5 Å². The lowest BCUT2D eigenvalue weighted by Crippen LogP contribution is -2.21. The standard InChI is InChI=1S/C23H16N2O3S/c1-14-7-8-17-16(10-21(26)28-19(17)9-14)12-25-13-24-22-18(23(25)27)11-20(29-22)15-5-3-2-4-6-15/h2-11,13H,12H2,1H3. The molecule has 6 heteroatoms. The van der Waals surface area contributed by atoms with Gasteiger partial charge in [-0.25, -0.2) is 9.78 Å². The first-order valence-electron chi connectivity index (χ1n) is 9.16. The van der Waals surface area contributed by atoms with E-state index in [0.717, 1.165) is 27.0 Å². The molecule has 0 unspecified atom stereocenters. The van der Waals surface area contributed by atoms with Crippen molar-refractivity contribution in [2.24, 2.45) is 0 Å². The highest BCUT2D eigenvalue weighted by Gasteiger charge is 2.12. The molecule has 29 heavy (non-hydrogen) atoms. The summed E-state index contributed by atoms with van der Waals surface area (Å²) >= 11 is 1.50. The van der Waals surface area contributed by atoms with E-state index in [4.69, 9.17) is 4.42 Å². The first-order chi connectivity index (χ1) is 14.1. The summed E-state index contributed by atoms with van der Waals surface area (Å²) in [4.78, 5) is 31.3. The molecule has 2 aromatic carbocycles. The van der Waals surface area contributed by atoms with Gasteiger partial charge in [-0.3, -0.25) is 9.36 Å². The zero-order chi connectivity index (χ0) is 20.0. The smallest absolute Gasteiger partial charge is 0.336 e. The van der Waals surface area contributed by atoms with E-state index in [-0.39, 0.29) is 12.1 Å². The summed E-state index contributed by atoms with van der Waals surface area (Å²) in [6, 6.07) is 19.0. The molecule has 0 fully saturated rings. The number of fused-ring (bicyclic) bond motifs is 2. The third-order valence-electron chi connectivity index (χ3n) is 4.90. The van der Waals surface area contributed by atoms with Crippen LogP contribution in [0.15, 0.2) is 81.0 Å². The number of aromatic nitrogens is 2. The number of thiophene rings is 1. The molecular weight excluding hydrogens is 384 g/mol. The quantitative estimate of drug-likeness (QED) is 0.416. The zero-order valence-corrected chi connectivity index (χ0v) is 16.4. The monoisotopic (exact) mass is 400 g/mol. The predicted molar refractivity (Wildman–Crippen MR) is 116 cm³/mol. The van der Waals surface area contributed by atoms with Gasteiger partial charge < -0.3 is 4.42 Å². The van der Waals surface area contributed by atoms with E-state index in [2.05, 4.69) is 4.98 Å². The van der Waals surface area contributed by atoms with Gasteiger partial charge in [0.1, 0.15) is 10.4 Å². The van der Waals surface area contributed by atoms with Crippen molar-refractivity contribution in [3.8, 4) is 10.4 Å². The summed E-state index contributed by atoms with van der Waals surface area (Å²) in [5.74, 6) is 0. The van der Waals surface area contributed by atoms with Crippen molar-refractivity contribution in [1.29, 1.82) is 0 Å². The van der Waals surface area contributed by atoms with Gasteiger partial charge in [0.25, 0.3) is 5.56 Å². The minimum absolute atomic E-state index is 0.123. The van der Waals surface area contributed by atoms with Crippen LogP contribution in [0.25, 0.3) is 31.6 Å². The van der Waals surface area contributed by atoms with Crippen LogP contribution in [0.4, 0.5) is 0 Å². The summed E-state index contributed by atoms with van der Waals surface area (Å²) < 4.78 is 6.86. The molecular formula is C23H16N2O3S. The molecule has 0 spiro atoms. The molecule has 5 rings (SSSR count). The van der Waals surface area contributed by atoms with Crippen LogP contribution < -0.4 is 11.2 Å². The Bertz CT molecular complexity index is 1480. The lowest BCUT2D eigenvalue weighted by atomic mass is 10.1. The third kappa shape index (κ3) is 3.17. The Morgan fingerprint density at radius 3 is 2.66 bits per heavy atom.